The maximum atomic E-state index is 6.36. The summed E-state index contributed by atoms with van der Waals surface area (Å²) in [5.41, 5.74) is 3.77. The van der Waals surface area contributed by atoms with E-state index in [1.807, 2.05) is 18.2 Å². The van der Waals surface area contributed by atoms with Crippen molar-refractivity contribution >= 4 is 11.6 Å². The minimum atomic E-state index is -0.0448. The van der Waals surface area contributed by atoms with Gasteiger partial charge in [0.05, 0.1) is 0 Å². The molecule has 3 nitrogen and oxygen atoms in total. The second-order valence-electron chi connectivity index (χ2n) is 8.84. The summed E-state index contributed by atoms with van der Waals surface area (Å²) in [6.07, 6.45) is 3.35. The third-order valence-corrected chi connectivity index (χ3v) is 6.70. The molecule has 1 unspecified atom stereocenters. The number of unbranched alkanes of at least 4 members (excludes halogenated alkanes) is 1. The van der Waals surface area contributed by atoms with Crippen LogP contribution in [0.1, 0.15) is 35.6 Å². The van der Waals surface area contributed by atoms with E-state index in [1.165, 1.54) is 43.7 Å². The van der Waals surface area contributed by atoms with Gasteiger partial charge in [0.1, 0.15) is 6.10 Å². The summed E-state index contributed by atoms with van der Waals surface area (Å²) in [5.74, 6) is 0. The Bertz CT molecular complexity index is 925. The number of benzene rings is 3. The monoisotopic (exact) mass is 462 g/mol. The molecule has 0 radical (unpaired) electrons. The lowest BCUT2D eigenvalue weighted by atomic mass is 10.0. The van der Waals surface area contributed by atoms with Crippen molar-refractivity contribution in [3.8, 4) is 0 Å². The SMILES string of the molecule is Clc1ccc(C(OCCCCN2CCN(CCc3ccccc3)CC2)c2ccccc2)cc1. The molecule has 4 heteroatoms. The number of hydrogen-bond donors (Lipinski definition) is 0. The van der Waals surface area contributed by atoms with E-state index in [4.69, 9.17) is 16.3 Å². The van der Waals surface area contributed by atoms with E-state index >= 15 is 0 Å². The summed E-state index contributed by atoms with van der Waals surface area (Å²) in [7, 11) is 0. The summed E-state index contributed by atoms with van der Waals surface area (Å²) in [6, 6.07) is 29.3. The fraction of sp³-hybridized carbons (Fsp3) is 0.379. The first-order valence-electron chi connectivity index (χ1n) is 12.2. The van der Waals surface area contributed by atoms with Crippen LogP contribution in [0.3, 0.4) is 0 Å². The van der Waals surface area contributed by atoms with Crippen molar-refractivity contribution < 1.29 is 4.74 Å². The molecule has 3 aromatic carbocycles. The van der Waals surface area contributed by atoms with Gasteiger partial charge in [0.2, 0.25) is 0 Å². The Kier molecular flexibility index (Phi) is 9.37. The van der Waals surface area contributed by atoms with Gasteiger partial charge in [-0.2, -0.15) is 0 Å². The predicted molar refractivity (Wildman–Crippen MR) is 138 cm³/mol. The van der Waals surface area contributed by atoms with Gasteiger partial charge >= 0.3 is 0 Å². The average Bonchev–Trinajstić information content (AvgIpc) is 2.87. The van der Waals surface area contributed by atoms with Gasteiger partial charge in [-0.25, -0.2) is 0 Å². The highest BCUT2D eigenvalue weighted by Gasteiger charge is 2.17. The molecule has 0 bridgehead atoms. The van der Waals surface area contributed by atoms with Crippen molar-refractivity contribution in [3.63, 3.8) is 0 Å². The molecule has 33 heavy (non-hydrogen) atoms. The second kappa shape index (κ2) is 12.9. The first kappa shape index (κ1) is 24.0. The van der Waals surface area contributed by atoms with Crippen LogP contribution in [0.25, 0.3) is 0 Å². The van der Waals surface area contributed by atoms with Gasteiger partial charge in [-0.05, 0) is 54.6 Å². The maximum absolute atomic E-state index is 6.36. The van der Waals surface area contributed by atoms with E-state index in [-0.39, 0.29) is 6.10 Å². The van der Waals surface area contributed by atoms with Gasteiger partial charge in [-0.15, -0.1) is 0 Å². The summed E-state index contributed by atoms with van der Waals surface area (Å²) in [5, 5.41) is 0.755. The number of piperazine rings is 1. The standard InChI is InChI=1S/C29H35ClN2O/c30-28-15-13-27(14-16-28)29(26-11-5-2-6-12-26)33-24-8-7-18-31-20-22-32(23-21-31)19-17-25-9-3-1-4-10-25/h1-6,9-16,29H,7-8,17-24H2. The van der Waals surface area contributed by atoms with Crippen LogP contribution in [0.15, 0.2) is 84.9 Å². The molecule has 1 aliphatic rings. The zero-order valence-electron chi connectivity index (χ0n) is 19.4. The molecular weight excluding hydrogens is 428 g/mol. The molecule has 1 saturated heterocycles. The average molecular weight is 463 g/mol. The lowest BCUT2D eigenvalue weighted by Gasteiger charge is -2.34. The van der Waals surface area contributed by atoms with E-state index < -0.39 is 0 Å². The molecule has 1 aliphatic heterocycles. The van der Waals surface area contributed by atoms with E-state index in [9.17, 15) is 0 Å². The normalized spacial score (nSPS) is 16.0. The number of rotatable bonds is 11. The third-order valence-electron chi connectivity index (χ3n) is 6.45. The molecule has 0 aromatic heterocycles. The molecule has 0 spiro atoms. The van der Waals surface area contributed by atoms with Gasteiger partial charge in [0, 0.05) is 44.4 Å². The number of halogens is 1. The summed E-state index contributed by atoms with van der Waals surface area (Å²) < 4.78 is 6.36. The van der Waals surface area contributed by atoms with Crippen molar-refractivity contribution in [3.05, 3.63) is 107 Å². The Balaban J connectivity index is 1.15. The lowest BCUT2D eigenvalue weighted by molar-refractivity contribution is 0.0728. The van der Waals surface area contributed by atoms with Gasteiger partial charge in [0.15, 0.2) is 0 Å². The minimum Gasteiger partial charge on any atom is -0.369 e. The maximum Gasteiger partial charge on any atom is 0.108 e. The molecule has 1 atom stereocenters. The highest BCUT2D eigenvalue weighted by atomic mass is 35.5. The zero-order valence-corrected chi connectivity index (χ0v) is 20.2. The number of ether oxygens (including phenoxy) is 1. The number of hydrogen-bond acceptors (Lipinski definition) is 3. The molecule has 0 N–H and O–H groups in total. The summed E-state index contributed by atoms with van der Waals surface area (Å²) in [6.45, 7) is 7.79. The van der Waals surface area contributed by atoms with Crippen molar-refractivity contribution in [2.45, 2.75) is 25.4 Å². The molecule has 4 rings (SSSR count). The zero-order chi connectivity index (χ0) is 22.7. The van der Waals surface area contributed by atoms with Crippen LogP contribution in [0.5, 0.6) is 0 Å². The largest absolute Gasteiger partial charge is 0.369 e. The highest BCUT2D eigenvalue weighted by Crippen LogP contribution is 2.27. The highest BCUT2D eigenvalue weighted by molar-refractivity contribution is 6.30. The molecule has 0 saturated carbocycles. The molecule has 1 heterocycles. The minimum absolute atomic E-state index is 0.0448. The van der Waals surface area contributed by atoms with Crippen LogP contribution >= 0.6 is 11.6 Å². The Morgan fingerprint density at radius 2 is 1.24 bits per heavy atom. The van der Waals surface area contributed by atoms with E-state index in [2.05, 4.69) is 76.5 Å². The summed E-state index contributed by atoms with van der Waals surface area (Å²) in [4.78, 5) is 5.20. The van der Waals surface area contributed by atoms with Gasteiger partial charge in [0.25, 0.3) is 0 Å². The van der Waals surface area contributed by atoms with Crippen molar-refractivity contribution in [2.75, 3.05) is 45.9 Å². The Hall–Kier alpha value is -2.17. The van der Waals surface area contributed by atoms with Crippen LogP contribution in [0.2, 0.25) is 5.02 Å². The Labute approximate surface area is 203 Å². The lowest BCUT2D eigenvalue weighted by Crippen LogP contribution is -2.47. The van der Waals surface area contributed by atoms with Gasteiger partial charge < -0.3 is 14.5 Å². The fourth-order valence-corrected chi connectivity index (χ4v) is 4.58. The molecule has 1 fully saturated rings. The van der Waals surface area contributed by atoms with E-state index in [0.29, 0.717) is 0 Å². The van der Waals surface area contributed by atoms with Crippen LogP contribution in [-0.4, -0.2) is 55.7 Å². The molecular formula is C29H35ClN2O. The summed E-state index contributed by atoms with van der Waals surface area (Å²) >= 11 is 6.09. The molecule has 3 aromatic rings. The Morgan fingerprint density at radius 1 is 0.667 bits per heavy atom. The van der Waals surface area contributed by atoms with Crippen molar-refractivity contribution in [1.29, 1.82) is 0 Å². The van der Waals surface area contributed by atoms with Crippen LogP contribution < -0.4 is 0 Å². The van der Waals surface area contributed by atoms with E-state index in [0.717, 1.165) is 43.1 Å². The van der Waals surface area contributed by atoms with E-state index in [1.54, 1.807) is 0 Å². The van der Waals surface area contributed by atoms with Crippen LogP contribution in [-0.2, 0) is 11.2 Å². The molecule has 174 valence electrons. The third kappa shape index (κ3) is 7.68. The quantitative estimate of drug-likeness (QED) is 0.321. The smallest absolute Gasteiger partial charge is 0.108 e. The van der Waals surface area contributed by atoms with Crippen molar-refractivity contribution in [1.82, 2.24) is 9.80 Å². The first-order valence-corrected chi connectivity index (χ1v) is 12.6. The predicted octanol–water partition coefficient (Wildman–Crippen LogP) is 6.09. The van der Waals surface area contributed by atoms with Crippen molar-refractivity contribution in [2.24, 2.45) is 0 Å². The fourth-order valence-electron chi connectivity index (χ4n) is 4.46. The molecule has 0 amide bonds. The van der Waals surface area contributed by atoms with Gasteiger partial charge in [-0.3, -0.25) is 0 Å². The van der Waals surface area contributed by atoms with Crippen LogP contribution in [0, 0.1) is 0 Å². The van der Waals surface area contributed by atoms with Gasteiger partial charge in [-0.1, -0.05) is 84.4 Å². The Morgan fingerprint density at radius 3 is 1.91 bits per heavy atom. The second-order valence-corrected chi connectivity index (χ2v) is 9.28. The first-order chi connectivity index (χ1) is 16.3. The number of nitrogens with zero attached hydrogens (tertiary/aromatic N) is 2. The molecule has 0 aliphatic carbocycles. The topological polar surface area (TPSA) is 15.7 Å². The van der Waals surface area contributed by atoms with Crippen LogP contribution in [0.4, 0.5) is 0 Å².